The summed E-state index contributed by atoms with van der Waals surface area (Å²) < 4.78 is 4.68. The molecule has 3 rings (SSSR count). The minimum absolute atomic E-state index is 0.0495. The van der Waals surface area contributed by atoms with Gasteiger partial charge in [-0.1, -0.05) is 29.4 Å². The first-order valence-electron chi connectivity index (χ1n) is 6.39. The topological polar surface area (TPSA) is 145 Å². The van der Waals surface area contributed by atoms with Gasteiger partial charge in [-0.05, 0) is 5.56 Å². The van der Waals surface area contributed by atoms with Crippen molar-refractivity contribution < 1.29 is 4.52 Å². The van der Waals surface area contributed by atoms with Crippen LogP contribution in [0.4, 0.5) is 5.82 Å². The highest BCUT2D eigenvalue weighted by molar-refractivity contribution is 5.81. The minimum Gasteiger partial charge on any atom is -0.384 e. The SMILES string of the molecule is N#Cc1c(N)[nH]c(=O)c(C#N)c1-c1ccc(-c2ncon2)cc1. The zero-order valence-corrected chi connectivity index (χ0v) is 11.6. The first kappa shape index (κ1) is 14.0. The van der Waals surface area contributed by atoms with Crippen molar-refractivity contribution in [3.63, 3.8) is 0 Å². The smallest absolute Gasteiger partial charge is 0.268 e. The molecule has 0 aliphatic rings. The fourth-order valence-electron chi connectivity index (χ4n) is 2.22. The van der Waals surface area contributed by atoms with E-state index in [-0.39, 0.29) is 22.5 Å². The van der Waals surface area contributed by atoms with Crippen molar-refractivity contribution in [1.82, 2.24) is 15.1 Å². The highest BCUT2D eigenvalue weighted by atomic mass is 16.5. The van der Waals surface area contributed by atoms with Crippen LogP contribution in [0.1, 0.15) is 11.1 Å². The molecule has 110 valence electrons. The first-order valence-corrected chi connectivity index (χ1v) is 6.39. The molecule has 23 heavy (non-hydrogen) atoms. The van der Waals surface area contributed by atoms with Crippen LogP contribution in [0.25, 0.3) is 22.5 Å². The molecule has 3 N–H and O–H groups in total. The summed E-state index contributed by atoms with van der Waals surface area (Å²) in [6, 6.07) is 10.4. The van der Waals surface area contributed by atoms with E-state index in [0.717, 1.165) is 0 Å². The van der Waals surface area contributed by atoms with Crippen LogP contribution >= 0.6 is 0 Å². The molecule has 8 heteroatoms. The second kappa shape index (κ2) is 5.47. The van der Waals surface area contributed by atoms with Crippen LogP contribution in [0.15, 0.2) is 40.0 Å². The molecule has 0 bridgehead atoms. The Morgan fingerprint density at radius 3 is 2.30 bits per heavy atom. The third-order valence-corrected chi connectivity index (χ3v) is 3.26. The Balaban J connectivity index is 2.21. The Labute approximate surface area is 129 Å². The summed E-state index contributed by atoms with van der Waals surface area (Å²) in [4.78, 5) is 18.1. The second-order valence-electron chi connectivity index (χ2n) is 4.55. The Hall–Kier alpha value is -3.91. The predicted molar refractivity (Wildman–Crippen MR) is 79.6 cm³/mol. The van der Waals surface area contributed by atoms with Gasteiger partial charge < -0.3 is 15.2 Å². The van der Waals surface area contributed by atoms with Crippen molar-refractivity contribution in [2.75, 3.05) is 5.73 Å². The number of hydrogen-bond acceptors (Lipinski definition) is 7. The quantitative estimate of drug-likeness (QED) is 0.727. The zero-order valence-electron chi connectivity index (χ0n) is 11.6. The zero-order chi connectivity index (χ0) is 16.4. The lowest BCUT2D eigenvalue weighted by molar-refractivity contribution is 0.419. The molecule has 3 aromatic rings. The van der Waals surface area contributed by atoms with E-state index in [4.69, 9.17) is 5.73 Å². The van der Waals surface area contributed by atoms with Crippen LogP contribution in [0.2, 0.25) is 0 Å². The number of rotatable bonds is 2. The Bertz CT molecular complexity index is 1000. The molecular formula is C15H8N6O2. The van der Waals surface area contributed by atoms with E-state index in [9.17, 15) is 15.3 Å². The molecule has 1 aromatic carbocycles. The molecule has 0 amide bonds. The van der Waals surface area contributed by atoms with Crippen LogP contribution in [0, 0.1) is 22.7 Å². The number of nitrogens with one attached hydrogen (secondary N) is 1. The standard InChI is InChI=1S/C15H8N6O2/c16-5-10-12(11(6-17)15(22)20-13(10)18)8-1-3-9(4-2-8)14-19-7-23-21-14/h1-4,7H,(H3,18,20,22). The Morgan fingerprint density at radius 1 is 1.09 bits per heavy atom. The van der Waals surface area contributed by atoms with Gasteiger partial charge in [-0.3, -0.25) is 4.79 Å². The number of pyridine rings is 1. The number of nitrogen functional groups attached to an aromatic ring is 1. The number of H-pyrrole nitrogens is 1. The minimum atomic E-state index is -0.638. The summed E-state index contributed by atoms with van der Waals surface area (Å²) >= 11 is 0. The summed E-state index contributed by atoms with van der Waals surface area (Å²) in [5, 5.41) is 22.2. The average molecular weight is 304 g/mol. The lowest BCUT2D eigenvalue weighted by Crippen LogP contribution is -2.16. The molecule has 2 heterocycles. The monoisotopic (exact) mass is 304 g/mol. The van der Waals surface area contributed by atoms with Gasteiger partial charge >= 0.3 is 0 Å². The van der Waals surface area contributed by atoms with Gasteiger partial charge in [0.15, 0.2) is 0 Å². The van der Waals surface area contributed by atoms with Gasteiger partial charge in [0.05, 0.1) is 0 Å². The third kappa shape index (κ3) is 2.30. The van der Waals surface area contributed by atoms with Gasteiger partial charge in [0.25, 0.3) is 5.56 Å². The molecule has 0 spiro atoms. The van der Waals surface area contributed by atoms with E-state index in [1.807, 2.05) is 12.1 Å². The second-order valence-corrected chi connectivity index (χ2v) is 4.55. The number of nitrogens with zero attached hydrogens (tertiary/aromatic N) is 4. The number of aromatic nitrogens is 3. The number of hydrogen-bond donors (Lipinski definition) is 2. The van der Waals surface area contributed by atoms with Gasteiger partial charge in [0.1, 0.15) is 29.1 Å². The van der Waals surface area contributed by atoms with Gasteiger partial charge in [0.2, 0.25) is 12.2 Å². The highest BCUT2D eigenvalue weighted by Gasteiger charge is 2.18. The molecular weight excluding hydrogens is 296 g/mol. The summed E-state index contributed by atoms with van der Waals surface area (Å²) in [6.07, 6.45) is 1.21. The van der Waals surface area contributed by atoms with E-state index < -0.39 is 5.56 Å². The van der Waals surface area contributed by atoms with Gasteiger partial charge in [-0.15, -0.1) is 0 Å². The van der Waals surface area contributed by atoms with E-state index >= 15 is 0 Å². The lowest BCUT2D eigenvalue weighted by atomic mass is 9.96. The van der Waals surface area contributed by atoms with Crippen LogP contribution in [-0.2, 0) is 0 Å². The van der Waals surface area contributed by atoms with Crippen molar-refractivity contribution in [3.05, 3.63) is 52.1 Å². The maximum atomic E-state index is 11.9. The van der Waals surface area contributed by atoms with Crippen LogP contribution < -0.4 is 11.3 Å². The highest BCUT2D eigenvalue weighted by Crippen LogP contribution is 2.29. The van der Waals surface area contributed by atoms with E-state index in [2.05, 4.69) is 19.6 Å². The summed E-state index contributed by atoms with van der Waals surface area (Å²) in [5.41, 5.74) is 6.34. The van der Waals surface area contributed by atoms with Crippen molar-refractivity contribution in [3.8, 4) is 34.7 Å². The van der Waals surface area contributed by atoms with E-state index in [1.54, 1.807) is 24.3 Å². The van der Waals surface area contributed by atoms with Gasteiger partial charge in [-0.25, -0.2) is 0 Å². The molecule has 0 unspecified atom stereocenters. The normalized spacial score (nSPS) is 10.0. The number of benzene rings is 1. The van der Waals surface area contributed by atoms with Gasteiger partial charge in [0, 0.05) is 11.1 Å². The van der Waals surface area contributed by atoms with E-state index in [0.29, 0.717) is 17.0 Å². The molecule has 8 nitrogen and oxygen atoms in total. The predicted octanol–water partition coefficient (Wildman–Crippen LogP) is 1.42. The summed E-state index contributed by atoms with van der Waals surface area (Å²) in [7, 11) is 0. The Kier molecular flexibility index (Phi) is 3.34. The maximum absolute atomic E-state index is 11.9. The number of aromatic amines is 1. The largest absolute Gasteiger partial charge is 0.384 e. The molecule has 0 fully saturated rings. The van der Waals surface area contributed by atoms with Crippen molar-refractivity contribution in [1.29, 1.82) is 10.5 Å². The van der Waals surface area contributed by atoms with E-state index in [1.165, 1.54) is 6.39 Å². The van der Waals surface area contributed by atoms with Gasteiger partial charge in [-0.2, -0.15) is 15.5 Å². The molecule has 0 radical (unpaired) electrons. The first-order chi connectivity index (χ1) is 11.2. The fourth-order valence-corrected chi connectivity index (χ4v) is 2.22. The lowest BCUT2D eigenvalue weighted by Gasteiger charge is -2.09. The van der Waals surface area contributed by atoms with Crippen molar-refractivity contribution >= 4 is 5.82 Å². The summed E-state index contributed by atoms with van der Waals surface area (Å²) in [6.45, 7) is 0. The molecule has 0 aliphatic heterocycles. The molecule has 0 saturated carbocycles. The summed E-state index contributed by atoms with van der Waals surface area (Å²) in [5.74, 6) is 0.330. The number of anilines is 1. The van der Waals surface area contributed by atoms with Crippen molar-refractivity contribution in [2.24, 2.45) is 0 Å². The van der Waals surface area contributed by atoms with Crippen molar-refractivity contribution in [2.45, 2.75) is 0 Å². The molecule has 0 aliphatic carbocycles. The van der Waals surface area contributed by atoms with Crippen LogP contribution in [0.3, 0.4) is 0 Å². The number of nitrogens with two attached hydrogens (primary N) is 1. The maximum Gasteiger partial charge on any atom is 0.268 e. The van der Waals surface area contributed by atoms with Crippen LogP contribution in [0.5, 0.6) is 0 Å². The average Bonchev–Trinajstić information content (AvgIpc) is 3.09. The van der Waals surface area contributed by atoms with Crippen LogP contribution in [-0.4, -0.2) is 15.1 Å². The molecule has 0 saturated heterocycles. The third-order valence-electron chi connectivity index (χ3n) is 3.26. The number of nitriles is 2. The fraction of sp³-hybridized carbons (Fsp3) is 0. The Morgan fingerprint density at radius 2 is 1.74 bits per heavy atom. The molecule has 2 aromatic heterocycles. The molecule has 0 atom stereocenters.